The number of nitro groups is 1. The van der Waals surface area contributed by atoms with Crippen molar-refractivity contribution in [2.24, 2.45) is 0 Å². The van der Waals surface area contributed by atoms with E-state index in [4.69, 9.17) is 4.74 Å². The van der Waals surface area contributed by atoms with Gasteiger partial charge in [-0.3, -0.25) is 10.1 Å². The maximum atomic E-state index is 13.1. The first-order valence-electron chi connectivity index (χ1n) is 5.93. The lowest BCUT2D eigenvalue weighted by Crippen LogP contribution is -2.02. The van der Waals surface area contributed by atoms with E-state index in [0.717, 1.165) is 43.6 Å². The van der Waals surface area contributed by atoms with Crippen molar-refractivity contribution in [1.82, 2.24) is 0 Å². The fraction of sp³-hybridized carbons (Fsp3) is 0.500. The van der Waals surface area contributed by atoms with Gasteiger partial charge in [0, 0.05) is 0 Å². The SMILES string of the molecule is O=[N+]([O-])c1cc(F)cc(Br)c1OCCCCCCS. The molecule has 0 fully saturated rings. The Balaban J connectivity index is 2.59. The number of rotatable bonds is 8. The maximum absolute atomic E-state index is 13.1. The molecule has 0 aliphatic carbocycles. The molecule has 4 nitrogen and oxygen atoms in total. The maximum Gasteiger partial charge on any atom is 0.315 e. The summed E-state index contributed by atoms with van der Waals surface area (Å²) in [6.07, 6.45) is 3.88. The number of nitrogens with zero attached hydrogens (tertiary/aromatic N) is 1. The number of ether oxygens (including phenoxy) is 1. The smallest absolute Gasteiger partial charge is 0.315 e. The molecule has 1 aromatic rings. The zero-order chi connectivity index (χ0) is 14.3. The summed E-state index contributed by atoms with van der Waals surface area (Å²) in [5.74, 6) is 0.274. The van der Waals surface area contributed by atoms with E-state index in [1.54, 1.807) is 0 Å². The number of nitro benzene ring substituents is 1. The van der Waals surface area contributed by atoms with E-state index in [0.29, 0.717) is 6.61 Å². The van der Waals surface area contributed by atoms with E-state index in [9.17, 15) is 14.5 Å². The van der Waals surface area contributed by atoms with E-state index in [1.807, 2.05) is 0 Å². The van der Waals surface area contributed by atoms with Crippen LogP contribution in [0.25, 0.3) is 0 Å². The first kappa shape index (κ1) is 16.2. The number of unbranched alkanes of at least 4 members (excludes halogenated alkanes) is 3. The van der Waals surface area contributed by atoms with Gasteiger partial charge < -0.3 is 4.74 Å². The summed E-state index contributed by atoms with van der Waals surface area (Å²) >= 11 is 7.19. The van der Waals surface area contributed by atoms with Crippen molar-refractivity contribution >= 4 is 34.2 Å². The predicted molar refractivity (Wildman–Crippen MR) is 78.6 cm³/mol. The number of halogens is 2. The lowest BCUT2D eigenvalue weighted by Gasteiger charge is -2.08. The Morgan fingerprint density at radius 2 is 2.00 bits per heavy atom. The third-order valence-electron chi connectivity index (χ3n) is 2.48. The Hall–Kier alpha value is -0.820. The second kappa shape index (κ2) is 8.37. The molecular weight excluding hydrogens is 337 g/mol. The normalized spacial score (nSPS) is 10.5. The van der Waals surface area contributed by atoms with Crippen LogP contribution in [0.1, 0.15) is 25.7 Å². The standard InChI is InChI=1S/C12H15BrFNO3S/c13-10-7-9(14)8-11(15(16)17)12(10)18-5-3-1-2-4-6-19/h7-8,19H,1-6H2. The summed E-state index contributed by atoms with van der Waals surface area (Å²) in [7, 11) is 0. The fourth-order valence-corrected chi connectivity index (χ4v) is 2.33. The van der Waals surface area contributed by atoms with Crippen LogP contribution < -0.4 is 4.74 Å². The lowest BCUT2D eigenvalue weighted by molar-refractivity contribution is -0.386. The third kappa shape index (κ3) is 5.36. The van der Waals surface area contributed by atoms with Gasteiger partial charge in [-0.15, -0.1) is 0 Å². The minimum absolute atomic E-state index is 0.0839. The van der Waals surface area contributed by atoms with Crippen molar-refractivity contribution < 1.29 is 14.1 Å². The van der Waals surface area contributed by atoms with Gasteiger partial charge in [0.25, 0.3) is 0 Å². The van der Waals surface area contributed by atoms with E-state index >= 15 is 0 Å². The summed E-state index contributed by atoms with van der Waals surface area (Å²) in [6, 6.07) is 2.02. The van der Waals surface area contributed by atoms with Crippen molar-refractivity contribution in [1.29, 1.82) is 0 Å². The summed E-state index contributed by atoms with van der Waals surface area (Å²) in [4.78, 5) is 10.2. The molecule has 0 N–H and O–H groups in total. The Bertz CT molecular complexity index is 445. The molecule has 0 heterocycles. The van der Waals surface area contributed by atoms with Crippen LogP contribution in [0.3, 0.4) is 0 Å². The fourth-order valence-electron chi connectivity index (χ4n) is 1.57. The number of hydrogen-bond acceptors (Lipinski definition) is 4. The molecule has 0 saturated heterocycles. The average Bonchev–Trinajstić information content (AvgIpc) is 2.34. The zero-order valence-corrected chi connectivity index (χ0v) is 12.8. The lowest BCUT2D eigenvalue weighted by atomic mass is 10.2. The number of thiol groups is 1. The highest BCUT2D eigenvalue weighted by molar-refractivity contribution is 9.10. The van der Waals surface area contributed by atoms with Crippen LogP contribution >= 0.6 is 28.6 Å². The molecule has 0 amide bonds. The van der Waals surface area contributed by atoms with Gasteiger partial charge in [-0.05, 0) is 40.6 Å². The molecule has 0 aliphatic rings. The molecule has 106 valence electrons. The van der Waals surface area contributed by atoms with Crippen LogP contribution in [-0.4, -0.2) is 17.3 Å². The molecule has 7 heteroatoms. The van der Waals surface area contributed by atoms with Gasteiger partial charge >= 0.3 is 5.69 Å². The Kier molecular flexibility index (Phi) is 7.15. The van der Waals surface area contributed by atoms with Gasteiger partial charge in [-0.2, -0.15) is 12.6 Å². The van der Waals surface area contributed by atoms with Gasteiger partial charge in [0.1, 0.15) is 5.82 Å². The van der Waals surface area contributed by atoms with Gasteiger partial charge in [-0.25, -0.2) is 4.39 Å². The summed E-state index contributed by atoms with van der Waals surface area (Å²) in [6.45, 7) is 0.373. The Labute approximate surface area is 125 Å². The quantitative estimate of drug-likeness (QED) is 0.327. The minimum Gasteiger partial charge on any atom is -0.486 e. The molecule has 0 spiro atoms. The first-order chi connectivity index (χ1) is 9.06. The van der Waals surface area contributed by atoms with Crippen molar-refractivity contribution in [2.45, 2.75) is 25.7 Å². The molecule has 0 saturated carbocycles. The van der Waals surface area contributed by atoms with Crippen LogP contribution in [0.15, 0.2) is 16.6 Å². The monoisotopic (exact) mass is 351 g/mol. The van der Waals surface area contributed by atoms with Crippen LogP contribution in [0.2, 0.25) is 0 Å². The molecule has 0 aliphatic heterocycles. The molecule has 0 unspecified atom stereocenters. The average molecular weight is 352 g/mol. The highest BCUT2D eigenvalue weighted by Crippen LogP contribution is 2.36. The molecule has 0 bridgehead atoms. The van der Waals surface area contributed by atoms with Crippen LogP contribution in [0.5, 0.6) is 5.75 Å². The predicted octanol–water partition coefficient (Wildman–Crippen LogP) is 4.37. The largest absolute Gasteiger partial charge is 0.486 e. The van der Waals surface area contributed by atoms with E-state index < -0.39 is 10.7 Å². The van der Waals surface area contributed by atoms with Crippen molar-refractivity contribution in [3.05, 3.63) is 32.5 Å². The van der Waals surface area contributed by atoms with Crippen LogP contribution in [-0.2, 0) is 0 Å². The van der Waals surface area contributed by atoms with Crippen LogP contribution in [0, 0.1) is 15.9 Å². The highest BCUT2D eigenvalue weighted by Gasteiger charge is 2.20. The number of hydrogen-bond donors (Lipinski definition) is 1. The Morgan fingerprint density at radius 1 is 1.32 bits per heavy atom. The third-order valence-corrected chi connectivity index (χ3v) is 3.39. The van der Waals surface area contributed by atoms with Gasteiger partial charge in [0.15, 0.2) is 0 Å². The van der Waals surface area contributed by atoms with Crippen molar-refractivity contribution in [3.63, 3.8) is 0 Å². The van der Waals surface area contributed by atoms with Crippen molar-refractivity contribution in [2.75, 3.05) is 12.4 Å². The summed E-state index contributed by atoms with van der Waals surface area (Å²) in [5.41, 5.74) is -0.359. The van der Waals surface area contributed by atoms with Crippen LogP contribution in [0.4, 0.5) is 10.1 Å². The van der Waals surface area contributed by atoms with Gasteiger partial charge in [-0.1, -0.05) is 12.8 Å². The molecule has 1 aromatic carbocycles. The highest BCUT2D eigenvalue weighted by atomic mass is 79.9. The molecular formula is C12H15BrFNO3S. The molecule has 0 radical (unpaired) electrons. The van der Waals surface area contributed by atoms with E-state index in [-0.39, 0.29) is 15.9 Å². The minimum atomic E-state index is -0.667. The topological polar surface area (TPSA) is 52.4 Å². The molecule has 0 aromatic heterocycles. The second-order valence-corrected chi connectivity index (χ2v) is 5.28. The van der Waals surface area contributed by atoms with E-state index in [2.05, 4.69) is 28.6 Å². The summed E-state index contributed by atoms with van der Waals surface area (Å²) in [5, 5.41) is 10.8. The molecule has 0 atom stereocenters. The Morgan fingerprint density at radius 3 is 2.63 bits per heavy atom. The van der Waals surface area contributed by atoms with Gasteiger partial charge in [0.2, 0.25) is 5.75 Å². The molecule has 19 heavy (non-hydrogen) atoms. The second-order valence-electron chi connectivity index (χ2n) is 3.98. The summed E-state index contributed by atoms with van der Waals surface area (Å²) < 4.78 is 18.7. The van der Waals surface area contributed by atoms with E-state index in [1.165, 1.54) is 0 Å². The first-order valence-corrected chi connectivity index (χ1v) is 7.36. The number of benzene rings is 1. The zero-order valence-electron chi connectivity index (χ0n) is 10.3. The molecule has 1 rings (SSSR count). The van der Waals surface area contributed by atoms with Crippen molar-refractivity contribution in [3.8, 4) is 5.75 Å². The van der Waals surface area contributed by atoms with Gasteiger partial charge in [0.05, 0.1) is 22.1 Å².